The Bertz CT molecular complexity index is 795. The number of rotatable bonds is 6. The van der Waals surface area contributed by atoms with Crippen LogP contribution in [0.4, 0.5) is 10.5 Å². The Morgan fingerprint density at radius 1 is 1.33 bits per heavy atom. The van der Waals surface area contributed by atoms with Crippen LogP contribution in [-0.4, -0.2) is 54.0 Å². The van der Waals surface area contributed by atoms with Crippen molar-refractivity contribution >= 4 is 41.1 Å². The first-order valence-corrected chi connectivity index (χ1v) is 8.41. The smallest absolute Gasteiger partial charge is 0.327 e. The van der Waals surface area contributed by atoms with Crippen LogP contribution in [0.1, 0.15) is 20.8 Å². The van der Waals surface area contributed by atoms with E-state index in [4.69, 9.17) is 21.1 Å². The van der Waals surface area contributed by atoms with Gasteiger partial charge in [-0.15, -0.1) is 0 Å². The van der Waals surface area contributed by atoms with Gasteiger partial charge in [-0.1, -0.05) is 11.6 Å². The van der Waals surface area contributed by atoms with Crippen molar-refractivity contribution in [3.63, 3.8) is 0 Å². The third-order valence-electron chi connectivity index (χ3n) is 3.83. The zero-order valence-corrected chi connectivity index (χ0v) is 16.0. The Morgan fingerprint density at radius 2 is 2.00 bits per heavy atom. The lowest BCUT2D eigenvalue weighted by atomic mass is 10.1. The molecule has 0 aliphatic carbocycles. The van der Waals surface area contributed by atoms with Crippen LogP contribution in [0.5, 0.6) is 5.75 Å². The molecule has 2 rings (SSSR count). The average Bonchev–Trinajstić information content (AvgIpc) is 2.76. The van der Waals surface area contributed by atoms with Crippen molar-refractivity contribution in [2.24, 2.45) is 0 Å². The number of nitrogens with zero attached hydrogens (tertiary/aromatic N) is 1. The average molecular weight is 398 g/mol. The van der Waals surface area contributed by atoms with Gasteiger partial charge in [-0.2, -0.15) is 0 Å². The van der Waals surface area contributed by atoms with Gasteiger partial charge in [-0.3, -0.25) is 19.3 Å². The highest BCUT2D eigenvalue weighted by Crippen LogP contribution is 2.27. The van der Waals surface area contributed by atoms with Gasteiger partial charge in [0.05, 0.1) is 12.8 Å². The molecule has 0 aromatic heterocycles. The molecular formula is C17H20ClN3O6. The minimum absolute atomic E-state index is 0.314. The number of esters is 1. The summed E-state index contributed by atoms with van der Waals surface area (Å²) in [4.78, 5) is 48.9. The van der Waals surface area contributed by atoms with E-state index < -0.39 is 42.0 Å². The fourth-order valence-corrected chi connectivity index (χ4v) is 2.56. The molecule has 1 fully saturated rings. The van der Waals surface area contributed by atoms with Crippen LogP contribution < -0.4 is 15.4 Å². The molecule has 146 valence electrons. The summed E-state index contributed by atoms with van der Waals surface area (Å²) in [5, 5.41) is 5.38. The number of hydrogen-bond acceptors (Lipinski definition) is 6. The second-order valence-electron chi connectivity index (χ2n) is 6.41. The standard InChI is InChI=1S/C17H20ClN3O6/c1-9(14(23)19-11-7-10(18)5-6-12(11)26-4)27-13(22)8-21-15(24)17(2,3)20-16(21)25/h5-7,9H,8H2,1-4H3,(H,19,23)(H,20,25)/t9-/m1/s1. The monoisotopic (exact) mass is 397 g/mol. The fourth-order valence-electron chi connectivity index (χ4n) is 2.39. The van der Waals surface area contributed by atoms with Crippen LogP contribution in [0.2, 0.25) is 5.02 Å². The number of carbonyl (C=O) groups excluding carboxylic acids is 4. The van der Waals surface area contributed by atoms with Gasteiger partial charge in [-0.05, 0) is 39.0 Å². The topological polar surface area (TPSA) is 114 Å². The number of urea groups is 1. The molecule has 4 amide bonds. The molecule has 0 unspecified atom stereocenters. The molecule has 27 heavy (non-hydrogen) atoms. The van der Waals surface area contributed by atoms with Gasteiger partial charge >= 0.3 is 12.0 Å². The molecule has 2 N–H and O–H groups in total. The zero-order chi connectivity index (χ0) is 20.4. The van der Waals surface area contributed by atoms with E-state index in [2.05, 4.69) is 10.6 Å². The minimum atomic E-state index is -1.17. The maximum atomic E-state index is 12.2. The summed E-state index contributed by atoms with van der Waals surface area (Å²) in [6.07, 6.45) is -1.17. The highest BCUT2D eigenvalue weighted by molar-refractivity contribution is 6.31. The number of hydrogen-bond donors (Lipinski definition) is 2. The molecule has 1 saturated heterocycles. The van der Waals surface area contributed by atoms with Crippen molar-refractivity contribution in [1.82, 2.24) is 10.2 Å². The van der Waals surface area contributed by atoms with E-state index in [1.807, 2.05) is 0 Å². The quantitative estimate of drug-likeness (QED) is 0.556. The normalized spacial score (nSPS) is 16.6. The lowest BCUT2D eigenvalue weighted by Gasteiger charge is -2.18. The second kappa shape index (κ2) is 7.83. The summed E-state index contributed by atoms with van der Waals surface area (Å²) in [6, 6.07) is 3.97. The lowest BCUT2D eigenvalue weighted by Crippen LogP contribution is -2.42. The number of methoxy groups -OCH3 is 1. The second-order valence-corrected chi connectivity index (χ2v) is 6.85. The Balaban J connectivity index is 1.96. The van der Waals surface area contributed by atoms with E-state index >= 15 is 0 Å². The Hall–Kier alpha value is -2.81. The van der Waals surface area contributed by atoms with Crippen LogP contribution in [0, 0.1) is 0 Å². The highest BCUT2D eigenvalue weighted by atomic mass is 35.5. The molecule has 0 bridgehead atoms. The van der Waals surface area contributed by atoms with Gasteiger partial charge in [0.2, 0.25) is 0 Å². The number of ether oxygens (including phenoxy) is 2. The third kappa shape index (κ3) is 4.68. The predicted molar refractivity (Wildman–Crippen MR) is 96.5 cm³/mol. The van der Waals surface area contributed by atoms with E-state index in [0.29, 0.717) is 16.5 Å². The molecule has 9 nitrogen and oxygen atoms in total. The predicted octanol–water partition coefficient (Wildman–Crippen LogP) is 1.55. The van der Waals surface area contributed by atoms with E-state index in [9.17, 15) is 19.2 Å². The van der Waals surface area contributed by atoms with E-state index in [-0.39, 0.29) is 0 Å². The first-order chi connectivity index (χ1) is 12.5. The van der Waals surface area contributed by atoms with Crippen molar-refractivity contribution in [1.29, 1.82) is 0 Å². The first kappa shape index (κ1) is 20.5. The van der Waals surface area contributed by atoms with E-state index in [1.54, 1.807) is 12.1 Å². The summed E-state index contributed by atoms with van der Waals surface area (Å²) in [7, 11) is 1.43. The van der Waals surface area contributed by atoms with Gasteiger partial charge in [0, 0.05) is 5.02 Å². The largest absolute Gasteiger partial charge is 0.495 e. The Kier molecular flexibility index (Phi) is 5.94. The molecule has 1 atom stereocenters. The number of imide groups is 1. The summed E-state index contributed by atoms with van der Waals surface area (Å²) in [5.41, 5.74) is -0.780. The van der Waals surface area contributed by atoms with Gasteiger partial charge < -0.3 is 20.1 Å². The summed E-state index contributed by atoms with van der Waals surface area (Å²) < 4.78 is 10.1. The Labute approximate surface area is 160 Å². The lowest BCUT2D eigenvalue weighted by molar-refractivity contribution is -0.155. The molecule has 10 heteroatoms. The molecule has 1 aliphatic heterocycles. The van der Waals surface area contributed by atoms with Crippen molar-refractivity contribution in [2.75, 3.05) is 19.0 Å². The van der Waals surface area contributed by atoms with Crippen molar-refractivity contribution < 1.29 is 28.7 Å². The molecule has 0 spiro atoms. The zero-order valence-electron chi connectivity index (χ0n) is 15.3. The van der Waals surface area contributed by atoms with Crippen LogP contribution in [0.15, 0.2) is 18.2 Å². The van der Waals surface area contributed by atoms with Crippen LogP contribution in [0.3, 0.4) is 0 Å². The maximum Gasteiger partial charge on any atom is 0.327 e. The van der Waals surface area contributed by atoms with E-state index in [1.165, 1.54) is 33.9 Å². The molecule has 1 aromatic carbocycles. The third-order valence-corrected chi connectivity index (χ3v) is 4.06. The minimum Gasteiger partial charge on any atom is -0.495 e. The number of anilines is 1. The highest BCUT2D eigenvalue weighted by Gasteiger charge is 2.45. The molecule has 0 saturated carbocycles. The SMILES string of the molecule is COc1ccc(Cl)cc1NC(=O)[C@@H](C)OC(=O)CN1C(=O)NC(C)(C)C1=O. The number of benzene rings is 1. The Morgan fingerprint density at radius 3 is 2.56 bits per heavy atom. The van der Waals surface area contributed by atoms with Gasteiger partial charge in [0.1, 0.15) is 17.8 Å². The molecule has 1 heterocycles. The van der Waals surface area contributed by atoms with Crippen molar-refractivity contribution in [2.45, 2.75) is 32.4 Å². The summed E-state index contributed by atoms with van der Waals surface area (Å²) in [5.74, 6) is -1.68. The molecule has 1 aliphatic rings. The number of amides is 4. The summed E-state index contributed by atoms with van der Waals surface area (Å²) >= 11 is 5.90. The number of nitrogens with one attached hydrogen (secondary N) is 2. The molecule has 1 aromatic rings. The van der Waals surface area contributed by atoms with Gasteiger partial charge in [0.15, 0.2) is 6.10 Å². The molecule has 0 radical (unpaired) electrons. The molecular weight excluding hydrogens is 378 g/mol. The van der Waals surface area contributed by atoms with Crippen LogP contribution >= 0.6 is 11.6 Å². The first-order valence-electron chi connectivity index (χ1n) is 8.03. The van der Waals surface area contributed by atoms with E-state index in [0.717, 1.165) is 4.90 Å². The number of halogens is 1. The van der Waals surface area contributed by atoms with Crippen LogP contribution in [-0.2, 0) is 19.1 Å². The van der Waals surface area contributed by atoms with Crippen molar-refractivity contribution in [3.05, 3.63) is 23.2 Å². The van der Waals surface area contributed by atoms with Gasteiger partial charge in [0.25, 0.3) is 11.8 Å². The van der Waals surface area contributed by atoms with Gasteiger partial charge in [-0.25, -0.2) is 4.79 Å². The maximum absolute atomic E-state index is 12.2. The van der Waals surface area contributed by atoms with Crippen molar-refractivity contribution in [3.8, 4) is 5.75 Å². The fraction of sp³-hybridized carbons (Fsp3) is 0.412. The number of carbonyl (C=O) groups is 4. The van der Waals surface area contributed by atoms with Crippen LogP contribution in [0.25, 0.3) is 0 Å². The summed E-state index contributed by atoms with van der Waals surface area (Å²) in [6.45, 7) is 3.81.